The van der Waals surface area contributed by atoms with Crippen LogP contribution in [0, 0.1) is 6.92 Å². The molecule has 1 amide bonds. The van der Waals surface area contributed by atoms with E-state index in [0.29, 0.717) is 11.3 Å². The highest BCUT2D eigenvalue weighted by Crippen LogP contribution is 2.31. The maximum Gasteiger partial charge on any atom is 0.326 e. The molecule has 3 rings (SSSR count). The normalized spacial score (nSPS) is 15.1. The number of aromatic nitrogens is 2. The van der Waals surface area contributed by atoms with Crippen LogP contribution in [0.25, 0.3) is 5.69 Å². The molecule has 0 spiro atoms. The molecule has 0 radical (unpaired) electrons. The second kappa shape index (κ2) is 6.39. The number of benzene rings is 1. The summed E-state index contributed by atoms with van der Waals surface area (Å²) in [6, 6.07) is 6.78. The molecule has 2 aromatic rings. The molecule has 0 saturated heterocycles. The minimum absolute atomic E-state index is 0.0113. The number of hydrogen-bond donors (Lipinski definition) is 1. The van der Waals surface area contributed by atoms with Crippen molar-refractivity contribution >= 4 is 27.8 Å². The summed E-state index contributed by atoms with van der Waals surface area (Å²) >= 11 is 3.42. The molecule has 1 fully saturated rings. The highest BCUT2D eigenvalue weighted by molar-refractivity contribution is 9.10. The van der Waals surface area contributed by atoms with Crippen molar-refractivity contribution in [2.75, 3.05) is 0 Å². The van der Waals surface area contributed by atoms with E-state index >= 15 is 0 Å². The summed E-state index contributed by atoms with van der Waals surface area (Å²) < 4.78 is 2.61. The number of carbonyl (C=O) groups excluding carboxylic acids is 1. The second-order valence-corrected chi connectivity index (χ2v) is 6.91. The van der Waals surface area contributed by atoms with Crippen molar-refractivity contribution in [2.24, 2.45) is 0 Å². The van der Waals surface area contributed by atoms with E-state index in [1.54, 1.807) is 11.6 Å². The van der Waals surface area contributed by atoms with Crippen LogP contribution in [0.3, 0.4) is 0 Å². The van der Waals surface area contributed by atoms with E-state index in [2.05, 4.69) is 21.0 Å². The van der Waals surface area contributed by atoms with E-state index < -0.39 is 12.0 Å². The molecule has 1 N–H and O–H groups in total. The molecule has 0 aliphatic heterocycles. The van der Waals surface area contributed by atoms with Crippen LogP contribution in [0.2, 0.25) is 0 Å². The molecular formula is C17H18BrN3O3. The lowest BCUT2D eigenvalue weighted by Crippen LogP contribution is -2.44. The van der Waals surface area contributed by atoms with Crippen LogP contribution in [0.5, 0.6) is 0 Å². The van der Waals surface area contributed by atoms with Gasteiger partial charge in [-0.25, -0.2) is 9.48 Å². The molecule has 126 valence electrons. The molecule has 6 nitrogen and oxygen atoms in total. The number of halogens is 1. The summed E-state index contributed by atoms with van der Waals surface area (Å²) in [5.41, 5.74) is 1.97. The first kappa shape index (κ1) is 16.7. The average molecular weight is 392 g/mol. The highest BCUT2D eigenvalue weighted by Gasteiger charge is 2.39. The number of nitrogens with zero attached hydrogens (tertiary/aromatic N) is 3. The van der Waals surface area contributed by atoms with Crippen LogP contribution < -0.4 is 0 Å². The Kier molecular flexibility index (Phi) is 4.45. The van der Waals surface area contributed by atoms with Crippen LogP contribution in [0.15, 0.2) is 34.9 Å². The highest BCUT2D eigenvalue weighted by atomic mass is 79.9. The smallest absolute Gasteiger partial charge is 0.326 e. The van der Waals surface area contributed by atoms with E-state index in [4.69, 9.17) is 0 Å². The number of carboxylic acids is 1. The van der Waals surface area contributed by atoms with Gasteiger partial charge in [-0.2, -0.15) is 5.10 Å². The maximum absolute atomic E-state index is 12.9. The number of amides is 1. The van der Waals surface area contributed by atoms with E-state index in [-0.39, 0.29) is 11.9 Å². The second-order valence-electron chi connectivity index (χ2n) is 5.99. The van der Waals surface area contributed by atoms with Gasteiger partial charge in [0.15, 0.2) is 0 Å². The van der Waals surface area contributed by atoms with Gasteiger partial charge < -0.3 is 10.0 Å². The summed E-state index contributed by atoms with van der Waals surface area (Å²) in [5, 5.41) is 13.6. The quantitative estimate of drug-likeness (QED) is 0.849. The summed E-state index contributed by atoms with van der Waals surface area (Å²) in [6.07, 6.45) is 3.22. The molecule has 1 aromatic heterocycles. The van der Waals surface area contributed by atoms with Gasteiger partial charge in [0, 0.05) is 10.5 Å². The lowest BCUT2D eigenvalue weighted by atomic mass is 10.1. The minimum atomic E-state index is -0.993. The molecule has 24 heavy (non-hydrogen) atoms. The van der Waals surface area contributed by atoms with Crippen LogP contribution in [-0.2, 0) is 4.79 Å². The lowest BCUT2D eigenvalue weighted by molar-refractivity contribution is -0.141. The summed E-state index contributed by atoms with van der Waals surface area (Å²) in [5.74, 6) is -1.27. The zero-order valence-electron chi connectivity index (χ0n) is 13.4. The van der Waals surface area contributed by atoms with Gasteiger partial charge in [0.05, 0.1) is 23.1 Å². The summed E-state index contributed by atoms with van der Waals surface area (Å²) in [6.45, 7) is 3.37. The fraction of sp³-hybridized carbons (Fsp3) is 0.353. The van der Waals surface area contributed by atoms with Crippen LogP contribution >= 0.6 is 15.9 Å². The van der Waals surface area contributed by atoms with Crippen LogP contribution in [0.4, 0.5) is 0 Å². The third-order valence-electron chi connectivity index (χ3n) is 4.24. The summed E-state index contributed by atoms with van der Waals surface area (Å²) in [7, 11) is 0. The Hall–Kier alpha value is -2.15. The SMILES string of the molecule is Cc1c(C(=O)N(C2CC2)C(C)C(=O)O)cnn1-c1cccc(Br)c1. The Morgan fingerprint density at radius 1 is 1.42 bits per heavy atom. The van der Waals surface area contributed by atoms with Crippen molar-refractivity contribution in [3.63, 3.8) is 0 Å². The van der Waals surface area contributed by atoms with E-state index in [9.17, 15) is 14.7 Å². The minimum Gasteiger partial charge on any atom is -0.480 e. The number of carboxylic acid groups (broad SMARTS) is 1. The predicted molar refractivity (Wildman–Crippen MR) is 92.3 cm³/mol. The lowest BCUT2D eigenvalue weighted by Gasteiger charge is -2.26. The van der Waals surface area contributed by atoms with E-state index in [0.717, 1.165) is 23.0 Å². The topological polar surface area (TPSA) is 75.4 Å². The summed E-state index contributed by atoms with van der Waals surface area (Å²) in [4.78, 5) is 25.7. The van der Waals surface area contributed by atoms with Gasteiger partial charge in [-0.3, -0.25) is 4.79 Å². The molecule has 7 heteroatoms. The third-order valence-corrected chi connectivity index (χ3v) is 4.74. The standard InChI is InChI=1S/C17H18BrN3O3/c1-10-15(9-19-21(10)14-5-3-4-12(18)8-14)16(22)20(13-6-7-13)11(2)17(23)24/h3-5,8-9,11,13H,6-7H2,1-2H3,(H,23,24). The first-order valence-corrected chi connectivity index (χ1v) is 8.55. The van der Waals surface area contributed by atoms with Gasteiger partial charge in [0.1, 0.15) is 6.04 Å². The number of carbonyl (C=O) groups is 2. The molecule has 1 aromatic carbocycles. The Morgan fingerprint density at radius 3 is 2.71 bits per heavy atom. The molecule has 1 heterocycles. The molecule has 1 aliphatic carbocycles. The molecule has 1 unspecified atom stereocenters. The number of rotatable bonds is 5. The zero-order valence-corrected chi connectivity index (χ0v) is 15.0. The molecule has 1 saturated carbocycles. The zero-order chi connectivity index (χ0) is 17.4. The van der Waals surface area contributed by atoms with Crippen LogP contribution in [0.1, 0.15) is 35.8 Å². The van der Waals surface area contributed by atoms with Gasteiger partial charge >= 0.3 is 5.97 Å². The fourth-order valence-electron chi connectivity index (χ4n) is 2.76. The van der Waals surface area contributed by atoms with Crippen molar-refractivity contribution < 1.29 is 14.7 Å². The van der Waals surface area contributed by atoms with Gasteiger partial charge in [-0.15, -0.1) is 0 Å². The van der Waals surface area contributed by atoms with Gasteiger partial charge in [0.2, 0.25) is 0 Å². The van der Waals surface area contributed by atoms with Crippen molar-refractivity contribution in [3.8, 4) is 5.69 Å². The monoisotopic (exact) mass is 391 g/mol. The van der Waals surface area contributed by atoms with E-state index in [1.165, 1.54) is 11.1 Å². The van der Waals surface area contributed by atoms with Gasteiger partial charge in [-0.05, 0) is 44.9 Å². The third kappa shape index (κ3) is 3.08. The van der Waals surface area contributed by atoms with Gasteiger partial charge in [-0.1, -0.05) is 22.0 Å². The number of hydrogen-bond acceptors (Lipinski definition) is 3. The molecule has 1 aliphatic rings. The van der Waals surface area contributed by atoms with Crippen molar-refractivity contribution in [3.05, 3.63) is 46.2 Å². The van der Waals surface area contributed by atoms with Crippen molar-refractivity contribution in [2.45, 2.75) is 38.8 Å². The molecule has 0 bridgehead atoms. The maximum atomic E-state index is 12.9. The number of aliphatic carboxylic acids is 1. The largest absolute Gasteiger partial charge is 0.480 e. The molecule has 1 atom stereocenters. The van der Waals surface area contributed by atoms with Crippen LogP contribution in [-0.4, -0.2) is 43.7 Å². The Bertz CT molecular complexity index is 798. The predicted octanol–water partition coefficient (Wildman–Crippen LogP) is 3.02. The first-order valence-electron chi connectivity index (χ1n) is 7.76. The molecular weight excluding hydrogens is 374 g/mol. The average Bonchev–Trinajstić information content (AvgIpc) is 3.28. The Balaban J connectivity index is 1.95. The first-order chi connectivity index (χ1) is 11.4. The van der Waals surface area contributed by atoms with Gasteiger partial charge in [0.25, 0.3) is 5.91 Å². The Morgan fingerprint density at radius 2 is 2.12 bits per heavy atom. The van der Waals surface area contributed by atoms with Crippen molar-refractivity contribution in [1.82, 2.24) is 14.7 Å². The van der Waals surface area contributed by atoms with E-state index in [1.807, 2.05) is 31.2 Å². The van der Waals surface area contributed by atoms with Crippen molar-refractivity contribution in [1.29, 1.82) is 0 Å². The fourth-order valence-corrected chi connectivity index (χ4v) is 3.14. The Labute approximate surface area is 148 Å².